The minimum atomic E-state index is -0.553. The van der Waals surface area contributed by atoms with Crippen LogP contribution >= 0.6 is 0 Å². The van der Waals surface area contributed by atoms with Crippen LogP contribution in [0.3, 0.4) is 0 Å². The van der Waals surface area contributed by atoms with Crippen LogP contribution in [0.1, 0.15) is 30.5 Å². The summed E-state index contributed by atoms with van der Waals surface area (Å²) in [6.07, 6.45) is 6.11. The number of anilines is 1. The summed E-state index contributed by atoms with van der Waals surface area (Å²) in [5.74, 6) is -0.197. The molecule has 0 amide bonds. The van der Waals surface area contributed by atoms with Gasteiger partial charge in [0.1, 0.15) is 6.04 Å². The van der Waals surface area contributed by atoms with Crippen LogP contribution in [0.25, 0.3) is 0 Å². The molecule has 3 rings (SSSR count). The SMILES string of the molecule is C=C1C=CC=C(C)C12c1c(C)cc(C)cc1N(C)C2C(=O)OCC. The molecule has 24 heavy (non-hydrogen) atoms. The zero-order valence-corrected chi connectivity index (χ0v) is 15.1. The van der Waals surface area contributed by atoms with Crippen LogP contribution in [0, 0.1) is 13.8 Å². The molecule has 3 heteroatoms. The molecule has 1 aliphatic heterocycles. The molecule has 2 unspecified atom stereocenters. The molecule has 0 saturated carbocycles. The van der Waals surface area contributed by atoms with E-state index in [1.54, 1.807) is 0 Å². The molecular formula is C21H25NO2. The van der Waals surface area contributed by atoms with Gasteiger partial charge in [-0.05, 0) is 56.0 Å². The highest BCUT2D eigenvalue weighted by molar-refractivity contribution is 5.91. The molecule has 126 valence electrons. The van der Waals surface area contributed by atoms with E-state index in [1.165, 1.54) is 16.7 Å². The Balaban J connectivity index is 2.35. The topological polar surface area (TPSA) is 29.5 Å². The normalized spacial score (nSPS) is 25.0. The number of ether oxygens (including phenoxy) is 1. The Hall–Kier alpha value is -2.29. The average molecular weight is 323 g/mol. The molecule has 1 spiro atoms. The Morgan fingerprint density at radius 3 is 2.67 bits per heavy atom. The van der Waals surface area contributed by atoms with Crippen molar-refractivity contribution in [1.82, 2.24) is 0 Å². The van der Waals surface area contributed by atoms with E-state index in [4.69, 9.17) is 4.74 Å². The van der Waals surface area contributed by atoms with Crippen molar-refractivity contribution in [2.24, 2.45) is 0 Å². The Labute approximate surface area is 144 Å². The summed E-state index contributed by atoms with van der Waals surface area (Å²) in [7, 11) is 1.98. The van der Waals surface area contributed by atoms with Gasteiger partial charge in [0.05, 0.1) is 12.0 Å². The number of carbonyl (C=O) groups is 1. The Kier molecular flexibility index (Phi) is 3.90. The van der Waals surface area contributed by atoms with Crippen molar-refractivity contribution < 1.29 is 9.53 Å². The van der Waals surface area contributed by atoms with E-state index >= 15 is 0 Å². The van der Waals surface area contributed by atoms with Gasteiger partial charge in [-0.25, -0.2) is 4.79 Å². The second-order valence-electron chi connectivity index (χ2n) is 6.78. The summed E-state index contributed by atoms with van der Waals surface area (Å²) in [5.41, 5.74) is 6.17. The number of likely N-dealkylation sites (N-methyl/N-ethyl adjacent to an activating group) is 1. The van der Waals surface area contributed by atoms with Gasteiger partial charge in [-0.3, -0.25) is 0 Å². The smallest absolute Gasteiger partial charge is 0.330 e. The monoisotopic (exact) mass is 323 g/mol. The Morgan fingerprint density at radius 2 is 2.04 bits per heavy atom. The van der Waals surface area contributed by atoms with Crippen LogP contribution in [0.15, 0.2) is 48.1 Å². The molecule has 1 heterocycles. The van der Waals surface area contributed by atoms with Crippen molar-refractivity contribution >= 4 is 11.7 Å². The summed E-state index contributed by atoms with van der Waals surface area (Å²) in [6, 6.07) is 3.91. The van der Waals surface area contributed by atoms with Gasteiger partial charge in [-0.1, -0.05) is 36.4 Å². The standard InChI is InChI=1S/C21H25NO2/c1-7-24-20(23)19-21(15(4)9-8-10-16(21)5)18-14(3)11-13(2)12-17(18)22(19)6/h8-12,19H,4,7H2,1-3,5-6H3. The number of hydrogen-bond acceptors (Lipinski definition) is 3. The van der Waals surface area contributed by atoms with Gasteiger partial charge >= 0.3 is 5.97 Å². The van der Waals surface area contributed by atoms with Crippen molar-refractivity contribution in [2.45, 2.75) is 39.2 Å². The molecule has 1 aliphatic carbocycles. The minimum Gasteiger partial charge on any atom is -0.464 e. The zero-order valence-electron chi connectivity index (χ0n) is 15.1. The first-order valence-corrected chi connectivity index (χ1v) is 8.41. The van der Waals surface area contributed by atoms with E-state index in [9.17, 15) is 4.79 Å². The Morgan fingerprint density at radius 1 is 1.33 bits per heavy atom. The highest BCUT2D eigenvalue weighted by atomic mass is 16.5. The zero-order chi connectivity index (χ0) is 17.6. The lowest BCUT2D eigenvalue weighted by Gasteiger charge is -2.40. The second kappa shape index (κ2) is 5.66. The molecule has 0 aromatic heterocycles. The summed E-state index contributed by atoms with van der Waals surface area (Å²) in [5, 5.41) is 0. The molecule has 0 bridgehead atoms. The van der Waals surface area contributed by atoms with Gasteiger partial charge in [-0.2, -0.15) is 0 Å². The maximum Gasteiger partial charge on any atom is 0.330 e. The first-order chi connectivity index (χ1) is 11.4. The minimum absolute atomic E-state index is 0.197. The third-order valence-corrected chi connectivity index (χ3v) is 5.31. The predicted octanol–water partition coefficient (Wildman–Crippen LogP) is 4.00. The van der Waals surface area contributed by atoms with Crippen molar-refractivity contribution in [2.75, 3.05) is 18.6 Å². The van der Waals surface area contributed by atoms with Crippen molar-refractivity contribution in [3.8, 4) is 0 Å². The second-order valence-corrected chi connectivity index (χ2v) is 6.78. The van der Waals surface area contributed by atoms with E-state index < -0.39 is 11.5 Å². The number of allylic oxidation sites excluding steroid dienone is 3. The molecule has 0 N–H and O–H groups in total. The van der Waals surface area contributed by atoms with Crippen LogP contribution in [-0.4, -0.2) is 25.7 Å². The molecule has 0 radical (unpaired) electrons. The summed E-state index contributed by atoms with van der Waals surface area (Å²) in [6.45, 7) is 12.8. The lowest BCUT2D eigenvalue weighted by atomic mass is 9.63. The van der Waals surface area contributed by atoms with Gasteiger partial charge in [0.25, 0.3) is 0 Å². The van der Waals surface area contributed by atoms with Crippen LogP contribution in [0.5, 0.6) is 0 Å². The highest BCUT2D eigenvalue weighted by Crippen LogP contribution is 2.55. The quantitative estimate of drug-likeness (QED) is 0.771. The molecule has 2 aliphatic rings. The third kappa shape index (κ3) is 2.00. The van der Waals surface area contributed by atoms with Gasteiger partial charge in [0.15, 0.2) is 0 Å². The summed E-state index contributed by atoms with van der Waals surface area (Å²) >= 11 is 0. The van der Waals surface area contributed by atoms with Crippen molar-refractivity contribution in [1.29, 1.82) is 0 Å². The lowest BCUT2D eigenvalue weighted by Crippen LogP contribution is -2.51. The number of esters is 1. The number of fused-ring (bicyclic) bond motifs is 2. The molecule has 1 aromatic carbocycles. The third-order valence-electron chi connectivity index (χ3n) is 5.31. The maximum absolute atomic E-state index is 12.9. The molecule has 0 saturated heterocycles. The first-order valence-electron chi connectivity index (χ1n) is 8.41. The van der Waals surface area contributed by atoms with Crippen LogP contribution in [0.2, 0.25) is 0 Å². The van der Waals surface area contributed by atoms with E-state index in [2.05, 4.69) is 50.5 Å². The number of aryl methyl sites for hydroxylation is 2. The maximum atomic E-state index is 12.9. The van der Waals surface area contributed by atoms with E-state index in [1.807, 2.05) is 26.1 Å². The van der Waals surface area contributed by atoms with Gasteiger partial charge < -0.3 is 9.64 Å². The summed E-state index contributed by atoms with van der Waals surface area (Å²) < 4.78 is 5.45. The van der Waals surface area contributed by atoms with Crippen LogP contribution in [0.4, 0.5) is 5.69 Å². The number of carbonyl (C=O) groups excluding carboxylic acids is 1. The molecule has 0 fully saturated rings. The first kappa shape index (κ1) is 16.6. The largest absolute Gasteiger partial charge is 0.464 e. The fourth-order valence-electron chi connectivity index (χ4n) is 4.43. The van der Waals surface area contributed by atoms with Crippen molar-refractivity contribution in [3.63, 3.8) is 0 Å². The van der Waals surface area contributed by atoms with Gasteiger partial charge in [0.2, 0.25) is 0 Å². The van der Waals surface area contributed by atoms with Gasteiger partial charge in [0, 0.05) is 12.7 Å². The molecule has 3 nitrogen and oxygen atoms in total. The molecular weight excluding hydrogens is 298 g/mol. The number of hydrogen-bond donors (Lipinski definition) is 0. The highest BCUT2D eigenvalue weighted by Gasteiger charge is 2.57. The molecule has 1 aromatic rings. The number of benzene rings is 1. The number of rotatable bonds is 2. The average Bonchev–Trinajstić information content (AvgIpc) is 2.76. The fourth-order valence-corrected chi connectivity index (χ4v) is 4.43. The van der Waals surface area contributed by atoms with E-state index in [0.29, 0.717) is 6.61 Å². The number of nitrogens with zero attached hydrogens (tertiary/aromatic N) is 1. The summed E-state index contributed by atoms with van der Waals surface area (Å²) in [4.78, 5) is 15.0. The molecule has 2 atom stereocenters. The van der Waals surface area contributed by atoms with Gasteiger partial charge in [-0.15, -0.1) is 0 Å². The van der Waals surface area contributed by atoms with E-state index in [-0.39, 0.29) is 5.97 Å². The van der Waals surface area contributed by atoms with Crippen LogP contribution < -0.4 is 4.90 Å². The fraction of sp³-hybridized carbons (Fsp3) is 0.381. The lowest BCUT2D eigenvalue weighted by molar-refractivity contribution is -0.145. The van der Waals surface area contributed by atoms with Crippen molar-refractivity contribution in [3.05, 3.63) is 64.8 Å². The Bertz CT molecular complexity index is 787. The van der Waals surface area contributed by atoms with Crippen LogP contribution in [-0.2, 0) is 14.9 Å². The van der Waals surface area contributed by atoms with E-state index in [0.717, 1.165) is 16.8 Å². The predicted molar refractivity (Wildman–Crippen MR) is 98.5 cm³/mol.